The fraction of sp³-hybridized carbons (Fsp3) is 0.533. The van der Waals surface area contributed by atoms with Crippen LogP contribution in [-0.2, 0) is 11.3 Å². The SMILES string of the molecule is COc1ccc(CN(CCC(=O)O)C(C)C)c(OC)c1. The van der Waals surface area contributed by atoms with Crippen LogP contribution in [-0.4, -0.2) is 42.8 Å². The first kappa shape index (κ1) is 16.3. The Labute approximate surface area is 120 Å². The molecule has 112 valence electrons. The Bertz CT molecular complexity index is 445. The van der Waals surface area contributed by atoms with Crippen molar-refractivity contribution in [3.8, 4) is 11.5 Å². The van der Waals surface area contributed by atoms with Gasteiger partial charge in [-0.2, -0.15) is 0 Å². The molecular formula is C15H23NO4. The van der Waals surface area contributed by atoms with Crippen LogP contribution in [0.3, 0.4) is 0 Å². The summed E-state index contributed by atoms with van der Waals surface area (Å²) in [6.07, 6.45) is 0.136. The average Bonchev–Trinajstić information content (AvgIpc) is 2.42. The van der Waals surface area contributed by atoms with Crippen molar-refractivity contribution in [1.29, 1.82) is 0 Å². The number of ether oxygens (including phenoxy) is 2. The highest BCUT2D eigenvalue weighted by Crippen LogP contribution is 2.26. The third kappa shape index (κ3) is 4.74. The first-order valence-corrected chi connectivity index (χ1v) is 6.64. The molecule has 1 rings (SSSR count). The van der Waals surface area contributed by atoms with Gasteiger partial charge in [0.2, 0.25) is 0 Å². The van der Waals surface area contributed by atoms with Crippen LogP contribution in [0.15, 0.2) is 18.2 Å². The molecule has 0 aliphatic heterocycles. The minimum Gasteiger partial charge on any atom is -0.497 e. The van der Waals surface area contributed by atoms with Gasteiger partial charge in [-0.1, -0.05) is 6.07 Å². The number of benzene rings is 1. The van der Waals surface area contributed by atoms with E-state index in [1.807, 2.05) is 18.2 Å². The summed E-state index contributed by atoms with van der Waals surface area (Å²) in [4.78, 5) is 12.8. The zero-order chi connectivity index (χ0) is 15.1. The number of aliphatic carboxylic acids is 1. The molecule has 5 heteroatoms. The van der Waals surface area contributed by atoms with E-state index < -0.39 is 5.97 Å². The normalized spacial score (nSPS) is 10.9. The number of carboxylic acid groups (broad SMARTS) is 1. The molecule has 0 unspecified atom stereocenters. The van der Waals surface area contributed by atoms with E-state index in [-0.39, 0.29) is 12.5 Å². The summed E-state index contributed by atoms with van der Waals surface area (Å²) in [5.41, 5.74) is 1.02. The largest absolute Gasteiger partial charge is 0.497 e. The van der Waals surface area contributed by atoms with Crippen molar-refractivity contribution in [3.05, 3.63) is 23.8 Å². The smallest absolute Gasteiger partial charge is 0.304 e. The van der Waals surface area contributed by atoms with Gasteiger partial charge in [0.15, 0.2) is 0 Å². The summed E-state index contributed by atoms with van der Waals surface area (Å²) in [6, 6.07) is 5.94. The van der Waals surface area contributed by atoms with Crippen molar-refractivity contribution < 1.29 is 19.4 Å². The van der Waals surface area contributed by atoms with Crippen molar-refractivity contribution in [2.24, 2.45) is 0 Å². The van der Waals surface area contributed by atoms with Crippen LogP contribution in [0.4, 0.5) is 0 Å². The third-order valence-electron chi connectivity index (χ3n) is 3.21. The van der Waals surface area contributed by atoms with Crippen LogP contribution in [0.2, 0.25) is 0 Å². The zero-order valence-electron chi connectivity index (χ0n) is 12.5. The number of hydrogen-bond acceptors (Lipinski definition) is 4. The number of methoxy groups -OCH3 is 2. The van der Waals surface area contributed by atoms with E-state index in [0.717, 1.165) is 17.1 Å². The second kappa shape index (κ2) is 7.75. The summed E-state index contributed by atoms with van der Waals surface area (Å²) >= 11 is 0. The quantitative estimate of drug-likeness (QED) is 0.793. The summed E-state index contributed by atoms with van der Waals surface area (Å²) in [6.45, 7) is 5.27. The molecule has 0 aromatic heterocycles. The molecule has 0 radical (unpaired) electrons. The zero-order valence-corrected chi connectivity index (χ0v) is 12.5. The standard InChI is InChI=1S/C15H23NO4/c1-11(2)16(8-7-15(17)18)10-12-5-6-13(19-3)9-14(12)20-4/h5-6,9,11H,7-8,10H2,1-4H3,(H,17,18). The highest BCUT2D eigenvalue weighted by Gasteiger charge is 2.14. The third-order valence-corrected chi connectivity index (χ3v) is 3.21. The number of rotatable bonds is 8. The second-order valence-electron chi connectivity index (χ2n) is 4.89. The molecule has 1 N–H and O–H groups in total. The Morgan fingerprint density at radius 2 is 2.00 bits per heavy atom. The van der Waals surface area contributed by atoms with Crippen molar-refractivity contribution in [1.82, 2.24) is 4.90 Å². The first-order valence-electron chi connectivity index (χ1n) is 6.64. The van der Waals surface area contributed by atoms with Crippen LogP contribution in [0.1, 0.15) is 25.8 Å². The van der Waals surface area contributed by atoms with Gasteiger partial charge in [-0.25, -0.2) is 0 Å². The Hall–Kier alpha value is -1.75. The van der Waals surface area contributed by atoms with Gasteiger partial charge in [-0.05, 0) is 19.9 Å². The average molecular weight is 281 g/mol. The Kier molecular flexibility index (Phi) is 6.31. The van der Waals surface area contributed by atoms with E-state index in [0.29, 0.717) is 13.1 Å². The minimum absolute atomic E-state index is 0.136. The van der Waals surface area contributed by atoms with E-state index in [4.69, 9.17) is 14.6 Å². The minimum atomic E-state index is -0.780. The highest BCUT2D eigenvalue weighted by atomic mass is 16.5. The van der Waals surface area contributed by atoms with Gasteiger partial charge in [0.25, 0.3) is 0 Å². The van der Waals surface area contributed by atoms with Gasteiger partial charge in [0, 0.05) is 30.8 Å². The van der Waals surface area contributed by atoms with Crippen molar-refractivity contribution in [2.75, 3.05) is 20.8 Å². The Balaban J connectivity index is 2.84. The number of hydrogen-bond donors (Lipinski definition) is 1. The fourth-order valence-corrected chi connectivity index (χ4v) is 1.96. The number of nitrogens with zero attached hydrogens (tertiary/aromatic N) is 1. The Morgan fingerprint density at radius 1 is 1.30 bits per heavy atom. The number of carbonyl (C=O) groups is 1. The summed E-state index contributed by atoms with van der Waals surface area (Å²) in [5, 5.41) is 8.81. The lowest BCUT2D eigenvalue weighted by molar-refractivity contribution is -0.137. The topological polar surface area (TPSA) is 59.0 Å². The molecule has 20 heavy (non-hydrogen) atoms. The van der Waals surface area contributed by atoms with E-state index in [2.05, 4.69) is 18.7 Å². The molecule has 0 heterocycles. The van der Waals surface area contributed by atoms with E-state index in [1.54, 1.807) is 14.2 Å². The van der Waals surface area contributed by atoms with Gasteiger partial charge >= 0.3 is 5.97 Å². The van der Waals surface area contributed by atoms with Crippen molar-refractivity contribution in [3.63, 3.8) is 0 Å². The molecule has 0 spiro atoms. The predicted octanol–water partition coefficient (Wildman–Crippen LogP) is 2.39. The molecule has 0 bridgehead atoms. The fourth-order valence-electron chi connectivity index (χ4n) is 1.96. The van der Waals surface area contributed by atoms with Crippen LogP contribution in [0, 0.1) is 0 Å². The molecule has 0 amide bonds. The lowest BCUT2D eigenvalue weighted by atomic mass is 10.1. The van der Waals surface area contributed by atoms with Crippen LogP contribution in [0.25, 0.3) is 0 Å². The predicted molar refractivity (Wildman–Crippen MR) is 77.3 cm³/mol. The summed E-state index contributed by atoms with van der Waals surface area (Å²) < 4.78 is 10.5. The molecule has 0 aliphatic rings. The van der Waals surface area contributed by atoms with Gasteiger partial charge in [0.05, 0.1) is 20.6 Å². The molecule has 5 nitrogen and oxygen atoms in total. The summed E-state index contributed by atoms with van der Waals surface area (Å²) in [7, 11) is 3.23. The van der Waals surface area contributed by atoms with E-state index in [9.17, 15) is 4.79 Å². The van der Waals surface area contributed by atoms with Crippen molar-refractivity contribution in [2.45, 2.75) is 32.9 Å². The van der Waals surface area contributed by atoms with Crippen LogP contribution in [0.5, 0.6) is 11.5 Å². The van der Waals surface area contributed by atoms with Gasteiger partial charge in [-0.15, -0.1) is 0 Å². The molecule has 0 fully saturated rings. The molecule has 1 aromatic carbocycles. The second-order valence-corrected chi connectivity index (χ2v) is 4.89. The van der Waals surface area contributed by atoms with E-state index >= 15 is 0 Å². The monoisotopic (exact) mass is 281 g/mol. The molecule has 0 saturated carbocycles. The van der Waals surface area contributed by atoms with Gasteiger partial charge in [0.1, 0.15) is 11.5 Å². The molecule has 0 aliphatic carbocycles. The lowest BCUT2D eigenvalue weighted by Gasteiger charge is -2.26. The van der Waals surface area contributed by atoms with Gasteiger partial charge in [-0.3, -0.25) is 9.69 Å². The first-order chi connectivity index (χ1) is 9.47. The maximum Gasteiger partial charge on any atom is 0.304 e. The van der Waals surface area contributed by atoms with Gasteiger partial charge < -0.3 is 14.6 Å². The Morgan fingerprint density at radius 3 is 2.50 bits per heavy atom. The molecule has 0 atom stereocenters. The maximum absolute atomic E-state index is 10.7. The van der Waals surface area contributed by atoms with Crippen LogP contribution >= 0.6 is 0 Å². The molecular weight excluding hydrogens is 258 g/mol. The lowest BCUT2D eigenvalue weighted by Crippen LogP contribution is -2.32. The highest BCUT2D eigenvalue weighted by molar-refractivity contribution is 5.66. The molecule has 1 aromatic rings. The van der Waals surface area contributed by atoms with Crippen LogP contribution < -0.4 is 9.47 Å². The van der Waals surface area contributed by atoms with E-state index in [1.165, 1.54) is 0 Å². The summed E-state index contributed by atoms with van der Waals surface area (Å²) in [5.74, 6) is 0.718. The number of carboxylic acids is 1. The maximum atomic E-state index is 10.7. The van der Waals surface area contributed by atoms with Crippen molar-refractivity contribution >= 4 is 5.97 Å². The molecule has 0 saturated heterocycles.